The molecule has 1 N–H and O–H groups in total. The molecule has 7 nitrogen and oxygen atoms in total. The lowest BCUT2D eigenvalue weighted by Gasteiger charge is -2.33. The molecule has 1 aromatic carbocycles. The first kappa shape index (κ1) is 25.6. The Balaban J connectivity index is 1.30. The van der Waals surface area contributed by atoms with Crippen LogP contribution in [0.3, 0.4) is 0 Å². The second-order valence-corrected chi connectivity index (χ2v) is 10.8. The number of hydrogen-bond donors (Lipinski definition) is 1. The summed E-state index contributed by atoms with van der Waals surface area (Å²) in [5.74, 6) is -0.204. The smallest absolute Gasteiger partial charge is 0.338 e. The van der Waals surface area contributed by atoms with Crippen molar-refractivity contribution in [2.45, 2.75) is 76.0 Å². The normalized spacial score (nSPS) is 21.1. The first-order valence-electron chi connectivity index (χ1n) is 13.2. The number of carbonyl (C=O) groups excluding carboxylic acids is 2. The SMILES string of the molecule is CC(C)NC(=O)N1CCC(n2ncc(C(=O)N3CC[C@H](c4ccccc4C(F)(F)F)C3)c2C2CC2)CC1. The minimum Gasteiger partial charge on any atom is -0.338 e. The van der Waals surface area contributed by atoms with Crippen molar-refractivity contribution in [3.8, 4) is 0 Å². The third kappa shape index (κ3) is 5.33. The van der Waals surface area contributed by atoms with Gasteiger partial charge in [-0.25, -0.2) is 4.79 Å². The molecule has 200 valence electrons. The van der Waals surface area contributed by atoms with Crippen LogP contribution in [0.4, 0.5) is 18.0 Å². The molecule has 1 saturated carbocycles. The van der Waals surface area contributed by atoms with Crippen molar-refractivity contribution >= 4 is 11.9 Å². The summed E-state index contributed by atoms with van der Waals surface area (Å²) in [6, 6.07) is 5.83. The van der Waals surface area contributed by atoms with Gasteiger partial charge in [0.05, 0.1) is 29.1 Å². The van der Waals surface area contributed by atoms with Crippen LogP contribution in [0.5, 0.6) is 0 Å². The van der Waals surface area contributed by atoms with Crippen LogP contribution in [0.2, 0.25) is 0 Å². The summed E-state index contributed by atoms with van der Waals surface area (Å²) < 4.78 is 42.7. The highest BCUT2D eigenvalue weighted by Gasteiger charge is 2.40. The molecule has 0 bridgehead atoms. The van der Waals surface area contributed by atoms with E-state index in [0.717, 1.165) is 37.4 Å². The van der Waals surface area contributed by atoms with Gasteiger partial charge >= 0.3 is 12.2 Å². The number of hydrogen-bond acceptors (Lipinski definition) is 3. The van der Waals surface area contributed by atoms with Crippen molar-refractivity contribution in [1.29, 1.82) is 0 Å². The lowest BCUT2D eigenvalue weighted by atomic mass is 9.93. The molecule has 3 fully saturated rings. The fraction of sp³-hybridized carbons (Fsp3) is 0.593. The van der Waals surface area contributed by atoms with E-state index < -0.39 is 11.7 Å². The van der Waals surface area contributed by atoms with E-state index in [2.05, 4.69) is 10.4 Å². The van der Waals surface area contributed by atoms with E-state index in [1.54, 1.807) is 17.2 Å². The maximum atomic E-state index is 13.6. The summed E-state index contributed by atoms with van der Waals surface area (Å²) >= 11 is 0. The molecule has 2 saturated heterocycles. The number of benzene rings is 1. The number of rotatable bonds is 5. The third-order valence-corrected chi connectivity index (χ3v) is 7.72. The van der Waals surface area contributed by atoms with Crippen molar-refractivity contribution < 1.29 is 22.8 Å². The zero-order chi connectivity index (χ0) is 26.3. The van der Waals surface area contributed by atoms with E-state index in [4.69, 9.17) is 0 Å². The van der Waals surface area contributed by atoms with Crippen LogP contribution in [0.25, 0.3) is 0 Å². The van der Waals surface area contributed by atoms with Crippen LogP contribution in [-0.4, -0.2) is 63.7 Å². The van der Waals surface area contributed by atoms with Crippen molar-refractivity contribution in [3.05, 3.63) is 52.8 Å². The monoisotopic (exact) mass is 517 g/mol. The van der Waals surface area contributed by atoms with Crippen LogP contribution in [-0.2, 0) is 6.18 Å². The average molecular weight is 518 g/mol. The number of carbonyl (C=O) groups is 2. The van der Waals surface area contributed by atoms with E-state index in [0.29, 0.717) is 31.6 Å². The van der Waals surface area contributed by atoms with Gasteiger partial charge in [-0.3, -0.25) is 9.48 Å². The Kier molecular flexibility index (Phi) is 6.93. The number of nitrogens with one attached hydrogen (secondary N) is 1. The number of halogens is 3. The lowest BCUT2D eigenvalue weighted by Crippen LogP contribution is -2.46. The molecule has 10 heteroatoms. The molecule has 0 unspecified atom stereocenters. The molecule has 3 heterocycles. The van der Waals surface area contributed by atoms with Gasteiger partial charge < -0.3 is 15.1 Å². The molecule has 2 aromatic rings. The molecule has 0 radical (unpaired) electrons. The molecule has 3 aliphatic rings. The average Bonchev–Trinajstić information content (AvgIpc) is 3.41. The zero-order valence-electron chi connectivity index (χ0n) is 21.3. The van der Waals surface area contributed by atoms with Crippen molar-refractivity contribution in [1.82, 2.24) is 24.9 Å². The van der Waals surface area contributed by atoms with E-state index in [-0.39, 0.29) is 48.0 Å². The highest BCUT2D eigenvalue weighted by molar-refractivity contribution is 5.95. The van der Waals surface area contributed by atoms with Gasteiger partial charge in [-0.1, -0.05) is 18.2 Å². The fourth-order valence-corrected chi connectivity index (χ4v) is 5.72. The van der Waals surface area contributed by atoms with Gasteiger partial charge in [-0.15, -0.1) is 0 Å². The van der Waals surface area contributed by atoms with Gasteiger partial charge in [0.2, 0.25) is 0 Å². The van der Waals surface area contributed by atoms with Crippen molar-refractivity contribution in [2.24, 2.45) is 0 Å². The largest absolute Gasteiger partial charge is 0.416 e. The summed E-state index contributed by atoms with van der Waals surface area (Å²) in [6.07, 6.45) is 1.26. The van der Waals surface area contributed by atoms with E-state index in [1.165, 1.54) is 12.1 Å². The molecular formula is C27H34F3N5O2. The van der Waals surface area contributed by atoms with Gasteiger partial charge in [0, 0.05) is 44.1 Å². The van der Waals surface area contributed by atoms with Crippen LogP contribution >= 0.6 is 0 Å². The molecule has 1 aromatic heterocycles. The predicted molar refractivity (Wildman–Crippen MR) is 132 cm³/mol. The van der Waals surface area contributed by atoms with Crippen LogP contribution in [0, 0.1) is 0 Å². The highest BCUT2D eigenvalue weighted by Crippen LogP contribution is 2.44. The van der Waals surface area contributed by atoms with Gasteiger partial charge in [0.1, 0.15) is 0 Å². The fourth-order valence-electron chi connectivity index (χ4n) is 5.72. The molecule has 1 aliphatic carbocycles. The zero-order valence-corrected chi connectivity index (χ0v) is 21.3. The molecule has 5 rings (SSSR count). The number of aromatic nitrogens is 2. The summed E-state index contributed by atoms with van der Waals surface area (Å²) in [7, 11) is 0. The Labute approximate surface area is 215 Å². The lowest BCUT2D eigenvalue weighted by molar-refractivity contribution is -0.138. The second-order valence-electron chi connectivity index (χ2n) is 10.8. The molecule has 3 amide bonds. The summed E-state index contributed by atoms with van der Waals surface area (Å²) in [6.45, 7) is 5.82. The minimum atomic E-state index is -4.42. The summed E-state index contributed by atoms with van der Waals surface area (Å²) in [5, 5.41) is 7.57. The summed E-state index contributed by atoms with van der Waals surface area (Å²) in [4.78, 5) is 29.5. The number of nitrogens with zero attached hydrogens (tertiary/aromatic N) is 4. The molecule has 0 spiro atoms. The molecule has 2 aliphatic heterocycles. The number of alkyl halides is 3. The van der Waals surface area contributed by atoms with Crippen LogP contribution < -0.4 is 5.32 Å². The molecular weight excluding hydrogens is 483 g/mol. The molecule has 37 heavy (non-hydrogen) atoms. The first-order chi connectivity index (χ1) is 17.6. The van der Waals surface area contributed by atoms with Gasteiger partial charge in [0.25, 0.3) is 5.91 Å². The Morgan fingerprint density at radius 1 is 0.973 bits per heavy atom. The van der Waals surface area contributed by atoms with E-state index in [9.17, 15) is 22.8 Å². The Hall–Kier alpha value is -3.04. The Morgan fingerprint density at radius 2 is 1.65 bits per heavy atom. The number of piperidine rings is 1. The van der Waals surface area contributed by atoms with Crippen molar-refractivity contribution in [3.63, 3.8) is 0 Å². The maximum Gasteiger partial charge on any atom is 0.416 e. The standard InChI is InChI=1S/C27H34F3N5O2/c1-17(2)32-26(37)33-13-10-20(11-14-33)35-24(18-7-8-18)22(15-31-35)25(36)34-12-9-19(16-34)21-5-3-4-6-23(21)27(28,29)30/h3-6,15,17-20H,7-14,16H2,1-2H3,(H,32,37)/t19-/m0/s1. The van der Waals surface area contributed by atoms with E-state index in [1.807, 2.05) is 23.4 Å². The quantitative estimate of drug-likeness (QED) is 0.595. The second kappa shape index (κ2) is 10.0. The van der Waals surface area contributed by atoms with E-state index >= 15 is 0 Å². The Morgan fingerprint density at radius 3 is 2.30 bits per heavy atom. The summed E-state index contributed by atoms with van der Waals surface area (Å²) in [5.41, 5.74) is 1.17. The van der Waals surface area contributed by atoms with Crippen LogP contribution in [0.1, 0.15) is 91.0 Å². The number of urea groups is 1. The van der Waals surface area contributed by atoms with Gasteiger partial charge in [0.15, 0.2) is 0 Å². The number of likely N-dealkylation sites (tertiary alicyclic amines) is 2. The molecule has 1 atom stereocenters. The van der Waals surface area contributed by atoms with Crippen LogP contribution in [0.15, 0.2) is 30.5 Å². The predicted octanol–water partition coefficient (Wildman–Crippen LogP) is 5.16. The Bertz CT molecular complexity index is 1150. The minimum absolute atomic E-state index is 0.0529. The number of amides is 3. The first-order valence-corrected chi connectivity index (χ1v) is 13.2. The third-order valence-electron chi connectivity index (χ3n) is 7.72. The highest BCUT2D eigenvalue weighted by atomic mass is 19.4. The van der Waals surface area contributed by atoms with Gasteiger partial charge in [-0.05, 0) is 57.6 Å². The topological polar surface area (TPSA) is 70.5 Å². The van der Waals surface area contributed by atoms with Crippen molar-refractivity contribution in [2.75, 3.05) is 26.2 Å². The maximum absolute atomic E-state index is 13.6. The van der Waals surface area contributed by atoms with Gasteiger partial charge in [-0.2, -0.15) is 18.3 Å².